The van der Waals surface area contributed by atoms with Gasteiger partial charge in [0.2, 0.25) is 0 Å². The van der Waals surface area contributed by atoms with Gasteiger partial charge in [0, 0.05) is 29.0 Å². The number of thiazole rings is 1. The molecule has 0 aliphatic heterocycles. The van der Waals surface area contributed by atoms with Crippen molar-refractivity contribution in [3.8, 4) is 5.75 Å². The zero-order chi connectivity index (χ0) is 21.8. The molecule has 2 N–H and O–H groups in total. The predicted octanol–water partition coefficient (Wildman–Crippen LogP) is 6.14. The molecule has 0 unspecified atom stereocenters. The third-order valence-electron chi connectivity index (χ3n) is 4.29. The second-order valence-electron chi connectivity index (χ2n) is 6.36. The van der Waals surface area contributed by atoms with E-state index in [0.717, 1.165) is 45.8 Å². The normalized spacial score (nSPS) is 10.5. The number of hydrogen-bond acceptors (Lipinski definition) is 6. The number of carboxylic acid groups (broad SMARTS) is 1. The minimum Gasteiger partial charge on any atom is -0.495 e. The summed E-state index contributed by atoms with van der Waals surface area (Å²) in [6.07, 6.45) is 0. The highest BCUT2D eigenvalue weighted by atomic mass is 32.2. The first-order chi connectivity index (χ1) is 14.3. The van der Waals surface area contributed by atoms with Crippen LogP contribution in [0.25, 0.3) is 11.1 Å². The molecule has 0 aliphatic rings. The molecule has 0 bridgehead atoms. The van der Waals surface area contributed by atoms with Crippen molar-refractivity contribution in [1.82, 2.24) is 4.98 Å². The maximum atomic E-state index is 14.0. The summed E-state index contributed by atoms with van der Waals surface area (Å²) in [6, 6.07) is 10.2. The van der Waals surface area contributed by atoms with Crippen LogP contribution in [0.1, 0.15) is 26.5 Å². The minimum absolute atomic E-state index is 0.217. The molecule has 154 valence electrons. The Morgan fingerprint density at radius 2 is 1.93 bits per heavy atom. The molecule has 30 heavy (non-hydrogen) atoms. The van der Waals surface area contributed by atoms with Crippen LogP contribution in [0.2, 0.25) is 0 Å². The lowest BCUT2D eigenvalue weighted by molar-refractivity contribution is 0.0691. The summed E-state index contributed by atoms with van der Waals surface area (Å²) in [5.41, 5.74) is 3.52. The van der Waals surface area contributed by atoms with Crippen LogP contribution in [0, 0.1) is 12.7 Å². The molecule has 0 spiro atoms. The van der Waals surface area contributed by atoms with E-state index < -0.39 is 17.3 Å². The number of anilines is 1. The molecule has 2 aromatic carbocycles. The number of carboxylic acids is 1. The number of aryl methyl sites for hydroxylation is 1. The molecule has 0 saturated heterocycles. The van der Waals surface area contributed by atoms with Crippen LogP contribution in [0.4, 0.5) is 10.1 Å². The molecular formula is C22H19FN2O3S2. The molecule has 0 saturated carbocycles. The van der Waals surface area contributed by atoms with Gasteiger partial charge in [-0.05, 0) is 24.1 Å². The smallest absolute Gasteiger partial charge is 0.338 e. The maximum absolute atomic E-state index is 14.0. The molecule has 0 radical (unpaired) electrons. The van der Waals surface area contributed by atoms with Crippen molar-refractivity contribution >= 4 is 46.1 Å². The Kier molecular flexibility index (Phi) is 6.59. The first-order valence-corrected chi connectivity index (χ1v) is 10.4. The zero-order valence-corrected chi connectivity index (χ0v) is 18.0. The van der Waals surface area contributed by atoms with Crippen molar-refractivity contribution in [2.45, 2.75) is 11.9 Å². The average Bonchev–Trinajstić information content (AvgIpc) is 3.20. The van der Waals surface area contributed by atoms with Gasteiger partial charge in [-0.1, -0.05) is 43.0 Å². The van der Waals surface area contributed by atoms with Gasteiger partial charge in [0.05, 0.1) is 18.4 Å². The number of ether oxygens (including phenoxy) is 1. The van der Waals surface area contributed by atoms with Gasteiger partial charge in [0.25, 0.3) is 0 Å². The SMILES string of the molecule is C=C(C(=C)c1nc(SNc2cc(F)c(C(=O)O)cc2OC)cs1)c1ccc(C)cc1. The topological polar surface area (TPSA) is 71.5 Å². The Hall–Kier alpha value is -3.10. The van der Waals surface area contributed by atoms with E-state index in [1.807, 2.05) is 36.6 Å². The quantitative estimate of drug-likeness (QED) is 0.322. The Labute approximate surface area is 182 Å². The summed E-state index contributed by atoms with van der Waals surface area (Å²) in [7, 11) is 1.39. The number of methoxy groups -OCH3 is 1. The number of rotatable bonds is 8. The van der Waals surface area contributed by atoms with Gasteiger partial charge in [0.15, 0.2) is 0 Å². The number of allylic oxidation sites excluding steroid dienone is 2. The van der Waals surface area contributed by atoms with E-state index in [9.17, 15) is 9.18 Å². The van der Waals surface area contributed by atoms with Crippen LogP contribution >= 0.6 is 23.3 Å². The van der Waals surface area contributed by atoms with Gasteiger partial charge >= 0.3 is 5.97 Å². The van der Waals surface area contributed by atoms with E-state index in [4.69, 9.17) is 9.84 Å². The van der Waals surface area contributed by atoms with Crippen molar-refractivity contribution in [1.29, 1.82) is 0 Å². The van der Waals surface area contributed by atoms with Crippen LogP contribution in [0.5, 0.6) is 5.75 Å². The Balaban J connectivity index is 1.72. The lowest BCUT2D eigenvalue weighted by Gasteiger charge is -2.11. The summed E-state index contributed by atoms with van der Waals surface area (Å²) < 4.78 is 22.1. The zero-order valence-electron chi connectivity index (χ0n) is 16.4. The standard InChI is InChI=1S/C22H19FN2O3S2/c1-12-5-7-15(8-6-12)13(2)14(3)21-24-20(11-29-21)30-25-18-10-17(23)16(22(26)27)9-19(18)28-4/h5-11,25H,2-3H2,1,4H3,(H,26,27). The molecule has 3 aromatic rings. The molecule has 1 heterocycles. The van der Waals surface area contributed by atoms with E-state index in [1.165, 1.54) is 24.0 Å². The van der Waals surface area contributed by atoms with Crippen LogP contribution in [0.15, 0.2) is 60.0 Å². The van der Waals surface area contributed by atoms with E-state index >= 15 is 0 Å². The molecule has 0 amide bonds. The molecule has 5 nitrogen and oxygen atoms in total. The Morgan fingerprint density at radius 1 is 1.23 bits per heavy atom. The number of aromatic nitrogens is 1. The number of nitrogens with zero attached hydrogens (tertiary/aromatic N) is 1. The van der Waals surface area contributed by atoms with Gasteiger partial charge in [0.1, 0.15) is 21.6 Å². The van der Waals surface area contributed by atoms with Gasteiger partial charge in [-0.25, -0.2) is 14.2 Å². The molecule has 0 aliphatic carbocycles. The molecule has 3 rings (SSSR count). The predicted molar refractivity (Wildman–Crippen MR) is 121 cm³/mol. The number of hydrogen-bond donors (Lipinski definition) is 2. The maximum Gasteiger partial charge on any atom is 0.338 e. The highest BCUT2D eigenvalue weighted by molar-refractivity contribution is 8.00. The van der Waals surface area contributed by atoms with Crippen LogP contribution < -0.4 is 9.46 Å². The van der Waals surface area contributed by atoms with Crippen molar-refractivity contribution in [2.75, 3.05) is 11.8 Å². The van der Waals surface area contributed by atoms with Gasteiger partial charge < -0.3 is 14.6 Å². The second kappa shape index (κ2) is 9.15. The fourth-order valence-corrected chi connectivity index (χ4v) is 4.16. The first-order valence-electron chi connectivity index (χ1n) is 8.75. The van der Waals surface area contributed by atoms with Crippen molar-refractivity contribution in [3.05, 3.63) is 82.5 Å². The van der Waals surface area contributed by atoms with Crippen molar-refractivity contribution in [2.24, 2.45) is 0 Å². The van der Waals surface area contributed by atoms with E-state index in [0.29, 0.717) is 10.7 Å². The number of halogens is 1. The highest BCUT2D eigenvalue weighted by Gasteiger charge is 2.17. The summed E-state index contributed by atoms with van der Waals surface area (Å²) in [6.45, 7) is 10.3. The molecule has 1 aromatic heterocycles. The van der Waals surface area contributed by atoms with E-state index in [1.54, 1.807) is 0 Å². The summed E-state index contributed by atoms with van der Waals surface area (Å²) in [4.78, 5) is 15.6. The number of carbonyl (C=O) groups is 1. The molecule has 0 fully saturated rings. The summed E-state index contributed by atoms with van der Waals surface area (Å²) in [5, 5.41) is 12.3. The lowest BCUT2D eigenvalue weighted by atomic mass is 10.0. The highest BCUT2D eigenvalue weighted by Crippen LogP contribution is 2.35. The minimum atomic E-state index is -1.36. The third kappa shape index (κ3) is 4.72. The van der Waals surface area contributed by atoms with Crippen LogP contribution in [0.3, 0.4) is 0 Å². The average molecular weight is 443 g/mol. The molecular weight excluding hydrogens is 423 g/mol. The van der Waals surface area contributed by atoms with E-state index in [-0.39, 0.29) is 5.75 Å². The number of benzene rings is 2. The Bertz CT molecular complexity index is 1120. The van der Waals surface area contributed by atoms with Crippen molar-refractivity contribution < 1.29 is 19.0 Å². The van der Waals surface area contributed by atoms with Gasteiger partial charge in [-0.15, -0.1) is 11.3 Å². The summed E-state index contributed by atoms with van der Waals surface area (Å²) in [5.74, 6) is -2.00. The fraction of sp³-hybridized carbons (Fsp3) is 0.0909. The fourth-order valence-electron chi connectivity index (χ4n) is 2.58. The number of nitrogens with one attached hydrogen (secondary N) is 1. The van der Waals surface area contributed by atoms with Gasteiger partial charge in [-0.3, -0.25) is 0 Å². The van der Waals surface area contributed by atoms with Crippen molar-refractivity contribution in [3.63, 3.8) is 0 Å². The third-order valence-corrected chi connectivity index (χ3v) is 6.08. The number of aromatic carboxylic acids is 1. The summed E-state index contributed by atoms with van der Waals surface area (Å²) >= 11 is 2.58. The lowest BCUT2D eigenvalue weighted by Crippen LogP contribution is -2.03. The second-order valence-corrected chi connectivity index (χ2v) is 8.04. The monoisotopic (exact) mass is 442 g/mol. The van der Waals surface area contributed by atoms with Crippen LogP contribution in [-0.4, -0.2) is 23.2 Å². The molecule has 0 atom stereocenters. The van der Waals surface area contributed by atoms with Gasteiger partial charge in [-0.2, -0.15) is 0 Å². The van der Waals surface area contributed by atoms with Crippen LogP contribution in [-0.2, 0) is 0 Å². The Morgan fingerprint density at radius 3 is 2.57 bits per heavy atom. The molecule has 8 heteroatoms. The first kappa shape index (κ1) is 21.6. The van der Waals surface area contributed by atoms with E-state index in [2.05, 4.69) is 22.9 Å². The largest absolute Gasteiger partial charge is 0.495 e.